The van der Waals surface area contributed by atoms with Gasteiger partial charge in [0.15, 0.2) is 0 Å². The van der Waals surface area contributed by atoms with Crippen molar-refractivity contribution in [3.8, 4) is 11.8 Å². The maximum atomic E-state index is 11.7. The third-order valence-corrected chi connectivity index (χ3v) is 2.67. The minimum atomic E-state index is 0.00896. The predicted molar refractivity (Wildman–Crippen MR) is 84.7 cm³/mol. The van der Waals surface area contributed by atoms with Crippen LogP contribution in [-0.4, -0.2) is 26.5 Å². The van der Waals surface area contributed by atoms with Gasteiger partial charge in [0.1, 0.15) is 0 Å². The number of para-hydroxylation sites is 1. The van der Waals surface area contributed by atoms with Crippen molar-refractivity contribution in [1.29, 1.82) is 0 Å². The van der Waals surface area contributed by atoms with E-state index in [1.165, 1.54) is 0 Å². The molecule has 0 aliphatic heterocycles. The SMILES string of the molecule is CN(C)c1ccccc1C#CCNC(=O)CC(C)(C)C. The van der Waals surface area contributed by atoms with Gasteiger partial charge in [0.2, 0.25) is 5.91 Å². The summed E-state index contributed by atoms with van der Waals surface area (Å²) in [5, 5.41) is 2.83. The molecule has 0 atom stereocenters. The standard InChI is InChI=1S/C17H24N2O/c1-17(2,3)13-16(20)18-12-8-10-14-9-6-7-11-15(14)19(4)5/h6-7,9,11H,12-13H2,1-5H3,(H,18,20). The second kappa shape index (κ2) is 7.00. The molecule has 1 rings (SSSR count). The molecule has 0 saturated heterocycles. The largest absolute Gasteiger partial charge is 0.377 e. The first kappa shape index (κ1) is 16.1. The van der Waals surface area contributed by atoms with E-state index < -0.39 is 0 Å². The Morgan fingerprint density at radius 2 is 1.90 bits per heavy atom. The summed E-state index contributed by atoms with van der Waals surface area (Å²) < 4.78 is 0. The Balaban J connectivity index is 2.58. The van der Waals surface area contributed by atoms with Crippen molar-refractivity contribution in [3.05, 3.63) is 29.8 Å². The van der Waals surface area contributed by atoms with Crippen LogP contribution in [0, 0.1) is 17.3 Å². The number of amides is 1. The highest BCUT2D eigenvalue weighted by molar-refractivity contribution is 5.76. The van der Waals surface area contributed by atoms with Crippen LogP contribution in [0.5, 0.6) is 0 Å². The smallest absolute Gasteiger partial charge is 0.221 e. The van der Waals surface area contributed by atoms with Crippen LogP contribution in [0.1, 0.15) is 32.8 Å². The number of anilines is 1. The number of nitrogens with one attached hydrogen (secondary N) is 1. The van der Waals surface area contributed by atoms with E-state index in [0.29, 0.717) is 13.0 Å². The Morgan fingerprint density at radius 1 is 1.25 bits per heavy atom. The average Bonchev–Trinajstić information content (AvgIpc) is 2.33. The first-order chi connectivity index (χ1) is 9.29. The van der Waals surface area contributed by atoms with Crippen LogP contribution in [0.3, 0.4) is 0 Å². The van der Waals surface area contributed by atoms with E-state index in [9.17, 15) is 4.79 Å². The molecule has 1 aromatic rings. The molecule has 0 heterocycles. The van der Waals surface area contributed by atoms with Crippen LogP contribution in [0.2, 0.25) is 0 Å². The zero-order valence-electron chi connectivity index (χ0n) is 13.1. The molecule has 1 amide bonds. The molecule has 3 heteroatoms. The van der Waals surface area contributed by atoms with Gasteiger partial charge in [-0.25, -0.2) is 0 Å². The average molecular weight is 272 g/mol. The second-order valence-electron chi connectivity index (χ2n) is 6.23. The summed E-state index contributed by atoms with van der Waals surface area (Å²) in [6.45, 7) is 6.53. The van der Waals surface area contributed by atoms with Gasteiger partial charge >= 0.3 is 0 Å². The summed E-state index contributed by atoms with van der Waals surface area (Å²) in [6.07, 6.45) is 0.517. The molecule has 108 valence electrons. The zero-order valence-corrected chi connectivity index (χ0v) is 13.1. The number of rotatable bonds is 3. The summed E-state index contributed by atoms with van der Waals surface area (Å²) in [6, 6.07) is 7.97. The fraction of sp³-hybridized carbons (Fsp3) is 0.471. The molecule has 0 aliphatic carbocycles. The van der Waals surface area contributed by atoms with Crippen LogP contribution in [0.4, 0.5) is 5.69 Å². The van der Waals surface area contributed by atoms with Crippen molar-refractivity contribution in [3.63, 3.8) is 0 Å². The van der Waals surface area contributed by atoms with E-state index in [0.717, 1.165) is 11.3 Å². The number of carbonyl (C=O) groups is 1. The molecule has 0 radical (unpaired) electrons. The Morgan fingerprint density at radius 3 is 2.50 bits per heavy atom. The summed E-state index contributed by atoms with van der Waals surface area (Å²) in [4.78, 5) is 13.7. The lowest BCUT2D eigenvalue weighted by Gasteiger charge is -2.16. The molecule has 3 nitrogen and oxygen atoms in total. The Bertz CT molecular complexity index is 516. The van der Waals surface area contributed by atoms with Crippen LogP contribution >= 0.6 is 0 Å². The zero-order chi connectivity index (χ0) is 15.2. The minimum absolute atomic E-state index is 0.00896. The Hall–Kier alpha value is -1.95. The molecule has 0 aliphatic rings. The molecule has 0 unspecified atom stereocenters. The monoisotopic (exact) mass is 272 g/mol. The summed E-state index contributed by atoms with van der Waals surface area (Å²) in [5.74, 6) is 6.16. The van der Waals surface area contributed by atoms with Gasteiger partial charge in [-0.15, -0.1) is 0 Å². The van der Waals surface area contributed by atoms with Gasteiger partial charge in [-0.3, -0.25) is 4.79 Å². The first-order valence-corrected chi connectivity index (χ1v) is 6.81. The highest BCUT2D eigenvalue weighted by Gasteiger charge is 2.14. The van der Waals surface area contributed by atoms with E-state index in [1.54, 1.807) is 0 Å². The Labute approximate surface area is 122 Å². The molecule has 0 bridgehead atoms. The molecule has 1 N–H and O–H groups in total. The fourth-order valence-corrected chi connectivity index (χ4v) is 1.80. The minimum Gasteiger partial charge on any atom is -0.377 e. The summed E-state index contributed by atoms with van der Waals surface area (Å²) >= 11 is 0. The maximum absolute atomic E-state index is 11.7. The van der Waals surface area contributed by atoms with Gasteiger partial charge < -0.3 is 10.2 Å². The van der Waals surface area contributed by atoms with Crippen molar-refractivity contribution in [1.82, 2.24) is 5.32 Å². The maximum Gasteiger partial charge on any atom is 0.221 e. The lowest BCUT2D eigenvalue weighted by molar-refractivity contribution is -0.122. The van der Waals surface area contributed by atoms with Crippen molar-refractivity contribution < 1.29 is 4.79 Å². The third kappa shape index (κ3) is 5.79. The van der Waals surface area contributed by atoms with Crippen LogP contribution < -0.4 is 10.2 Å². The fourth-order valence-electron chi connectivity index (χ4n) is 1.80. The number of hydrogen-bond donors (Lipinski definition) is 1. The number of nitrogens with zero attached hydrogens (tertiary/aromatic N) is 1. The molecule has 0 spiro atoms. The van der Waals surface area contributed by atoms with Crippen LogP contribution in [0.15, 0.2) is 24.3 Å². The van der Waals surface area contributed by atoms with E-state index in [2.05, 4.69) is 17.2 Å². The van der Waals surface area contributed by atoms with Gasteiger partial charge in [-0.2, -0.15) is 0 Å². The third-order valence-electron chi connectivity index (χ3n) is 2.67. The van der Waals surface area contributed by atoms with Crippen molar-refractivity contribution in [2.24, 2.45) is 5.41 Å². The van der Waals surface area contributed by atoms with Gasteiger partial charge in [0.25, 0.3) is 0 Å². The molecule has 0 aromatic heterocycles. The van der Waals surface area contributed by atoms with Gasteiger partial charge in [0.05, 0.1) is 12.2 Å². The lowest BCUT2D eigenvalue weighted by atomic mass is 9.92. The first-order valence-electron chi connectivity index (χ1n) is 6.81. The molecule has 0 saturated carbocycles. The van der Waals surface area contributed by atoms with E-state index in [-0.39, 0.29) is 11.3 Å². The van der Waals surface area contributed by atoms with Gasteiger partial charge in [-0.05, 0) is 17.5 Å². The second-order valence-corrected chi connectivity index (χ2v) is 6.23. The van der Waals surface area contributed by atoms with E-state index >= 15 is 0 Å². The van der Waals surface area contributed by atoms with Gasteiger partial charge in [-0.1, -0.05) is 44.7 Å². The number of carbonyl (C=O) groups excluding carboxylic acids is 1. The summed E-state index contributed by atoms with van der Waals surface area (Å²) in [7, 11) is 3.98. The molecular weight excluding hydrogens is 248 g/mol. The van der Waals surface area contributed by atoms with Gasteiger partial charge in [0, 0.05) is 26.1 Å². The van der Waals surface area contributed by atoms with E-state index in [4.69, 9.17) is 0 Å². The molecule has 1 aromatic carbocycles. The quantitative estimate of drug-likeness (QED) is 0.858. The molecular formula is C17H24N2O. The van der Waals surface area contributed by atoms with Crippen LogP contribution in [0.25, 0.3) is 0 Å². The molecule has 20 heavy (non-hydrogen) atoms. The highest BCUT2D eigenvalue weighted by atomic mass is 16.1. The number of hydrogen-bond acceptors (Lipinski definition) is 2. The van der Waals surface area contributed by atoms with Crippen molar-refractivity contribution >= 4 is 11.6 Å². The number of benzene rings is 1. The highest BCUT2D eigenvalue weighted by Crippen LogP contribution is 2.18. The topological polar surface area (TPSA) is 32.3 Å². The van der Waals surface area contributed by atoms with Crippen molar-refractivity contribution in [2.75, 3.05) is 25.5 Å². The predicted octanol–water partition coefficient (Wildman–Crippen LogP) is 2.66. The molecule has 0 fully saturated rings. The lowest BCUT2D eigenvalue weighted by Crippen LogP contribution is -2.27. The van der Waals surface area contributed by atoms with Crippen molar-refractivity contribution in [2.45, 2.75) is 27.2 Å². The van der Waals surface area contributed by atoms with Crippen LogP contribution in [-0.2, 0) is 4.79 Å². The normalized spacial score (nSPS) is 10.4. The Kier molecular flexibility index (Phi) is 5.64. The van der Waals surface area contributed by atoms with E-state index in [1.807, 2.05) is 64.0 Å². The summed E-state index contributed by atoms with van der Waals surface area (Å²) in [5.41, 5.74) is 2.07.